The highest BCUT2D eigenvalue weighted by Gasteiger charge is 2.07. The molecule has 2 aromatic rings. The number of hydrogen-bond donors (Lipinski definition) is 1. The summed E-state index contributed by atoms with van der Waals surface area (Å²) in [6, 6.07) is 11.3. The Morgan fingerprint density at radius 2 is 1.94 bits per heavy atom. The number of rotatable bonds is 3. The zero-order chi connectivity index (χ0) is 12.1. The molecule has 0 saturated carbocycles. The third-order valence-corrected chi connectivity index (χ3v) is 2.44. The van der Waals surface area contributed by atoms with E-state index in [9.17, 15) is 0 Å². The molecule has 1 aromatic heterocycles. The van der Waals surface area contributed by atoms with Gasteiger partial charge < -0.3 is 5.73 Å². The molecule has 0 aliphatic heterocycles. The van der Waals surface area contributed by atoms with E-state index in [0.29, 0.717) is 5.69 Å². The second-order valence-corrected chi connectivity index (χ2v) is 3.73. The number of azo groups is 1. The summed E-state index contributed by atoms with van der Waals surface area (Å²) < 4.78 is 0. The first kappa shape index (κ1) is 11.3. The van der Waals surface area contributed by atoms with Gasteiger partial charge in [-0.25, -0.2) is 0 Å². The molecule has 0 aliphatic carbocycles. The molecule has 1 unspecified atom stereocenters. The highest BCUT2D eigenvalue weighted by Crippen LogP contribution is 2.23. The molecule has 17 heavy (non-hydrogen) atoms. The van der Waals surface area contributed by atoms with Crippen LogP contribution >= 0.6 is 0 Å². The number of anilines is 1. The average Bonchev–Trinajstić information content (AvgIpc) is 2.38. The molecule has 86 valence electrons. The van der Waals surface area contributed by atoms with Crippen LogP contribution < -0.4 is 5.73 Å². The fourth-order valence-corrected chi connectivity index (χ4v) is 1.48. The lowest BCUT2D eigenvalue weighted by molar-refractivity contribution is 0.762. The van der Waals surface area contributed by atoms with Crippen molar-refractivity contribution < 1.29 is 0 Å². The van der Waals surface area contributed by atoms with Gasteiger partial charge in [-0.1, -0.05) is 18.2 Å². The minimum atomic E-state index is -0.0936. The van der Waals surface area contributed by atoms with Crippen molar-refractivity contribution in [3.05, 3.63) is 54.4 Å². The van der Waals surface area contributed by atoms with Gasteiger partial charge in [0.1, 0.15) is 0 Å². The summed E-state index contributed by atoms with van der Waals surface area (Å²) in [5, 5.41) is 8.40. The fraction of sp³-hybridized carbons (Fsp3) is 0.154. The fourth-order valence-electron chi connectivity index (χ4n) is 1.48. The number of aromatic nitrogens is 1. The van der Waals surface area contributed by atoms with Crippen LogP contribution in [0.15, 0.2) is 59.0 Å². The second-order valence-electron chi connectivity index (χ2n) is 3.73. The van der Waals surface area contributed by atoms with Gasteiger partial charge in [0.05, 0.1) is 11.7 Å². The van der Waals surface area contributed by atoms with Crippen molar-refractivity contribution in [1.29, 1.82) is 0 Å². The highest BCUT2D eigenvalue weighted by atomic mass is 15.1. The largest absolute Gasteiger partial charge is 0.398 e. The van der Waals surface area contributed by atoms with Gasteiger partial charge in [0, 0.05) is 23.6 Å². The van der Waals surface area contributed by atoms with Gasteiger partial charge in [-0.2, -0.15) is 10.2 Å². The molecular formula is C13H14N4. The van der Waals surface area contributed by atoms with Gasteiger partial charge >= 0.3 is 0 Å². The number of nitrogen functional groups attached to an aromatic ring is 1. The van der Waals surface area contributed by atoms with E-state index in [1.165, 1.54) is 0 Å². The highest BCUT2D eigenvalue weighted by molar-refractivity contribution is 5.46. The number of benzene rings is 1. The average molecular weight is 226 g/mol. The molecule has 1 aromatic carbocycles. The molecule has 2 rings (SSSR count). The molecule has 4 nitrogen and oxygen atoms in total. The first-order valence-electron chi connectivity index (χ1n) is 5.42. The topological polar surface area (TPSA) is 63.6 Å². The number of hydrogen-bond acceptors (Lipinski definition) is 4. The molecule has 1 atom stereocenters. The van der Waals surface area contributed by atoms with E-state index in [-0.39, 0.29) is 6.04 Å². The Hall–Kier alpha value is -2.23. The smallest absolute Gasteiger partial charge is 0.0968 e. The predicted octanol–water partition coefficient (Wildman–Crippen LogP) is 3.51. The Kier molecular flexibility index (Phi) is 3.45. The Balaban J connectivity index is 2.15. The second kappa shape index (κ2) is 5.21. The van der Waals surface area contributed by atoms with Gasteiger partial charge in [-0.3, -0.25) is 4.98 Å². The number of pyridine rings is 1. The van der Waals surface area contributed by atoms with E-state index in [0.717, 1.165) is 11.3 Å². The third kappa shape index (κ3) is 2.87. The van der Waals surface area contributed by atoms with Crippen molar-refractivity contribution in [1.82, 2.24) is 4.98 Å². The summed E-state index contributed by atoms with van der Waals surface area (Å²) in [5.74, 6) is 0. The standard InChI is InChI=1S/C13H14N4/c1-10(12-9-15-8-7-13(12)14)16-17-11-5-3-2-4-6-11/h2-10H,1H3,(H2,14,15). The van der Waals surface area contributed by atoms with Crippen molar-refractivity contribution in [3.8, 4) is 0 Å². The van der Waals surface area contributed by atoms with E-state index in [1.54, 1.807) is 18.5 Å². The van der Waals surface area contributed by atoms with Crippen LogP contribution in [0, 0.1) is 0 Å². The molecule has 0 spiro atoms. The minimum absolute atomic E-state index is 0.0936. The first-order valence-corrected chi connectivity index (χ1v) is 5.42. The van der Waals surface area contributed by atoms with Crippen LogP contribution in [0.1, 0.15) is 18.5 Å². The Bertz CT molecular complexity index is 508. The zero-order valence-electron chi connectivity index (χ0n) is 9.62. The molecular weight excluding hydrogens is 212 g/mol. The summed E-state index contributed by atoms with van der Waals surface area (Å²) in [5.41, 5.74) is 8.27. The Morgan fingerprint density at radius 1 is 1.18 bits per heavy atom. The molecule has 0 aliphatic rings. The SMILES string of the molecule is CC(N=Nc1ccccc1)c1cnccc1N. The maximum absolute atomic E-state index is 5.85. The first-order chi connectivity index (χ1) is 8.27. The quantitative estimate of drug-likeness (QED) is 0.814. The van der Waals surface area contributed by atoms with Crippen LogP contribution in [0.3, 0.4) is 0 Å². The predicted molar refractivity (Wildman–Crippen MR) is 68.0 cm³/mol. The summed E-state index contributed by atoms with van der Waals surface area (Å²) in [6.45, 7) is 1.94. The normalized spacial score (nSPS) is 12.8. The summed E-state index contributed by atoms with van der Waals surface area (Å²) in [4.78, 5) is 4.04. The maximum Gasteiger partial charge on any atom is 0.0968 e. The van der Waals surface area contributed by atoms with Crippen molar-refractivity contribution in [2.75, 3.05) is 5.73 Å². The van der Waals surface area contributed by atoms with Crippen molar-refractivity contribution in [2.24, 2.45) is 10.2 Å². The van der Waals surface area contributed by atoms with E-state index in [2.05, 4.69) is 15.2 Å². The van der Waals surface area contributed by atoms with E-state index in [1.807, 2.05) is 37.3 Å². The number of nitrogens with zero attached hydrogens (tertiary/aromatic N) is 3. The Labute approximate surface area is 100 Å². The molecule has 2 N–H and O–H groups in total. The summed E-state index contributed by atoms with van der Waals surface area (Å²) in [7, 11) is 0. The van der Waals surface area contributed by atoms with Crippen LogP contribution in [0.5, 0.6) is 0 Å². The van der Waals surface area contributed by atoms with Gasteiger partial charge in [0.2, 0.25) is 0 Å². The lowest BCUT2D eigenvalue weighted by Gasteiger charge is -2.07. The van der Waals surface area contributed by atoms with E-state index in [4.69, 9.17) is 5.73 Å². The molecule has 0 bridgehead atoms. The monoisotopic (exact) mass is 226 g/mol. The number of nitrogens with two attached hydrogens (primary N) is 1. The maximum atomic E-state index is 5.85. The van der Waals surface area contributed by atoms with Gasteiger partial charge in [-0.15, -0.1) is 0 Å². The molecule has 0 saturated heterocycles. The molecule has 0 fully saturated rings. The molecule has 4 heteroatoms. The van der Waals surface area contributed by atoms with E-state index < -0.39 is 0 Å². The summed E-state index contributed by atoms with van der Waals surface area (Å²) in [6.07, 6.45) is 3.39. The van der Waals surface area contributed by atoms with Crippen molar-refractivity contribution in [3.63, 3.8) is 0 Å². The minimum Gasteiger partial charge on any atom is -0.398 e. The lowest BCUT2D eigenvalue weighted by atomic mass is 10.1. The molecule has 0 amide bonds. The van der Waals surface area contributed by atoms with Gasteiger partial charge in [0.15, 0.2) is 0 Å². The lowest BCUT2D eigenvalue weighted by Crippen LogP contribution is -1.97. The zero-order valence-corrected chi connectivity index (χ0v) is 9.62. The Morgan fingerprint density at radius 3 is 2.65 bits per heavy atom. The molecule has 0 radical (unpaired) electrons. The van der Waals surface area contributed by atoms with Crippen molar-refractivity contribution in [2.45, 2.75) is 13.0 Å². The van der Waals surface area contributed by atoms with Crippen LogP contribution in [0.2, 0.25) is 0 Å². The van der Waals surface area contributed by atoms with Gasteiger partial charge in [0.25, 0.3) is 0 Å². The van der Waals surface area contributed by atoms with Crippen LogP contribution in [-0.2, 0) is 0 Å². The van der Waals surface area contributed by atoms with Crippen LogP contribution in [0.25, 0.3) is 0 Å². The van der Waals surface area contributed by atoms with Crippen LogP contribution in [0.4, 0.5) is 11.4 Å². The summed E-state index contributed by atoms with van der Waals surface area (Å²) >= 11 is 0. The van der Waals surface area contributed by atoms with Crippen molar-refractivity contribution >= 4 is 11.4 Å². The molecule has 1 heterocycles. The van der Waals surface area contributed by atoms with Crippen LogP contribution in [-0.4, -0.2) is 4.98 Å². The van der Waals surface area contributed by atoms with Gasteiger partial charge in [-0.05, 0) is 25.1 Å². The van der Waals surface area contributed by atoms with E-state index >= 15 is 0 Å². The third-order valence-electron chi connectivity index (χ3n) is 2.44.